The van der Waals surface area contributed by atoms with Crippen LogP contribution >= 0.6 is 0 Å². The molecule has 3 heteroatoms. The first-order valence-corrected chi connectivity index (χ1v) is 4.53. The van der Waals surface area contributed by atoms with Crippen LogP contribution < -0.4 is 23.3 Å². The molecule has 0 bridgehead atoms. The molecule has 0 unspecified atom stereocenters. The molecule has 0 atom stereocenters. The zero-order valence-corrected chi connectivity index (χ0v) is 8.93. The molecular weight excluding hydrogens is 208 g/mol. The minimum atomic E-state index is 0. The van der Waals surface area contributed by atoms with Crippen molar-refractivity contribution in [2.75, 3.05) is 5.01 Å². The van der Waals surface area contributed by atoms with Gasteiger partial charge in [0.25, 0.3) is 0 Å². The van der Waals surface area contributed by atoms with Gasteiger partial charge in [-0.05, 0) is 24.3 Å². The Morgan fingerprint density at radius 1 is 0.733 bits per heavy atom. The number of benzene rings is 2. The second-order valence-electron chi connectivity index (χ2n) is 3.04. The first-order chi connectivity index (χ1) is 6.88. The summed E-state index contributed by atoms with van der Waals surface area (Å²) in [5.74, 6) is 5.95. The van der Waals surface area contributed by atoms with Crippen molar-refractivity contribution in [1.29, 1.82) is 0 Å². The number of nitrogens with two attached hydrogens (primary N) is 1. The van der Waals surface area contributed by atoms with Gasteiger partial charge in [0.1, 0.15) is 0 Å². The highest BCUT2D eigenvalue weighted by molar-refractivity contribution is 5.60. The summed E-state index contributed by atoms with van der Waals surface area (Å²) in [4.78, 5) is 0. The maximum atomic E-state index is 5.95. The SMILES string of the molecule is NN(c1ccccc1)c1ccccc1.[Cl-].[H+]. The van der Waals surface area contributed by atoms with Gasteiger partial charge in [-0.25, -0.2) is 5.84 Å². The van der Waals surface area contributed by atoms with E-state index in [9.17, 15) is 0 Å². The largest absolute Gasteiger partial charge is 1.00 e. The van der Waals surface area contributed by atoms with Crippen LogP contribution in [0.3, 0.4) is 0 Å². The predicted octanol–water partition coefficient (Wildman–Crippen LogP) is -0.185. The molecule has 0 saturated carbocycles. The number of anilines is 2. The van der Waals surface area contributed by atoms with Crippen molar-refractivity contribution in [2.24, 2.45) is 5.84 Å². The Kier molecular flexibility index (Phi) is 4.16. The zero-order chi connectivity index (χ0) is 9.80. The first kappa shape index (κ1) is 11.6. The molecule has 0 aliphatic rings. The lowest BCUT2D eigenvalue weighted by atomic mass is 10.2. The van der Waals surface area contributed by atoms with Gasteiger partial charge in [0.15, 0.2) is 0 Å². The number of hydrogen-bond donors (Lipinski definition) is 1. The third-order valence-electron chi connectivity index (χ3n) is 2.07. The average molecular weight is 221 g/mol. The molecule has 0 amide bonds. The third kappa shape index (κ3) is 2.72. The standard InChI is InChI=1S/C12H12N2.ClH/c13-14(11-7-3-1-4-8-11)12-9-5-2-6-10-12;/h1-10H,13H2;1H. The molecule has 2 aromatic rings. The Hall–Kier alpha value is -1.51. The monoisotopic (exact) mass is 220 g/mol. The fraction of sp³-hybridized carbons (Fsp3) is 0. The lowest BCUT2D eigenvalue weighted by molar-refractivity contribution is -0.00000283. The van der Waals surface area contributed by atoms with Crippen LogP contribution in [0.25, 0.3) is 0 Å². The van der Waals surface area contributed by atoms with E-state index < -0.39 is 0 Å². The predicted molar refractivity (Wildman–Crippen MR) is 60.3 cm³/mol. The number of para-hydroxylation sites is 2. The average Bonchev–Trinajstić information content (AvgIpc) is 2.30. The molecule has 0 aromatic heterocycles. The summed E-state index contributed by atoms with van der Waals surface area (Å²) in [6.45, 7) is 0. The number of hydrogen-bond acceptors (Lipinski definition) is 2. The van der Waals surface area contributed by atoms with E-state index in [4.69, 9.17) is 5.84 Å². The van der Waals surface area contributed by atoms with Crippen molar-refractivity contribution in [3.63, 3.8) is 0 Å². The Balaban J connectivity index is 0.00000112. The number of halogens is 1. The topological polar surface area (TPSA) is 29.3 Å². The summed E-state index contributed by atoms with van der Waals surface area (Å²) in [6, 6.07) is 19.7. The molecular formula is C12H13ClN2. The van der Waals surface area contributed by atoms with Crippen molar-refractivity contribution in [1.82, 2.24) is 0 Å². The van der Waals surface area contributed by atoms with Crippen LogP contribution in [0.1, 0.15) is 1.43 Å². The zero-order valence-electron chi connectivity index (χ0n) is 9.18. The summed E-state index contributed by atoms with van der Waals surface area (Å²) in [7, 11) is 0. The van der Waals surface area contributed by atoms with Crippen molar-refractivity contribution in [3.05, 3.63) is 60.7 Å². The first-order valence-electron chi connectivity index (χ1n) is 4.53. The van der Waals surface area contributed by atoms with Crippen LogP contribution in [0.2, 0.25) is 0 Å². The number of hydrazine groups is 1. The van der Waals surface area contributed by atoms with Gasteiger partial charge in [-0.1, -0.05) is 36.4 Å². The smallest absolute Gasteiger partial charge is 1.00 e. The van der Waals surface area contributed by atoms with Crippen LogP contribution in [-0.2, 0) is 0 Å². The molecule has 2 nitrogen and oxygen atoms in total. The van der Waals surface area contributed by atoms with Crippen LogP contribution in [0, 0.1) is 0 Å². The molecule has 2 rings (SSSR count). The van der Waals surface area contributed by atoms with Crippen LogP contribution in [0.4, 0.5) is 11.4 Å². The Bertz CT molecular complexity index is 355. The molecule has 0 spiro atoms. The summed E-state index contributed by atoms with van der Waals surface area (Å²) >= 11 is 0. The molecule has 0 heterocycles. The summed E-state index contributed by atoms with van der Waals surface area (Å²) in [5.41, 5.74) is 1.97. The van der Waals surface area contributed by atoms with Gasteiger partial charge in [-0.15, -0.1) is 0 Å². The molecule has 0 aliphatic heterocycles. The Labute approximate surface area is 97.2 Å². The van der Waals surface area contributed by atoms with Crippen LogP contribution in [0.5, 0.6) is 0 Å². The van der Waals surface area contributed by atoms with Crippen molar-refractivity contribution in [2.45, 2.75) is 0 Å². The van der Waals surface area contributed by atoms with Gasteiger partial charge in [-0.3, -0.25) is 5.01 Å². The van der Waals surface area contributed by atoms with Gasteiger partial charge in [0.05, 0.1) is 11.4 Å². The van der Waals surface area contributed by atoms with E-state index in [1.807, 2.05) is 60.7 Å². The maximum Gasteiger partial charge on any atom is 1.00 e. The molecule has 78 valence electrons. The Morgan fingerprint density at radius 2 is 1.07 bits per heavy atom. The van der Waals surface area contributed by atoms with Crippen LogP contribution in [-0.4, -0.2) is 0 Å². The van der Waals surface area contributed by atoms with E-state index in [1.165, 1.54) is 0 Å². The normalized spacial score (nSPS) is 9.13. The lowest BCUT2D eigenvalue weighted by Gasteiger charge is -2.18. The minimum Gasteiger partial charge on any atom is -1.00 e. The summed E-state index contributed by atoms with van der Waals surface area (Å²) in [6.07, 6.45) is 0. The van der Waals surface area contributed by atoms with E-state index in [2.05, 4.69) is 0 Å². The molecule has 0 radical (unpaired) electrons. The van der Waals surface area contributed by atoms with E-state index in [-0.39, 0.29) is 13.8 Å². The Morgan fingerprint density at radius 3 is 1.40 bits per heavy atom. The molecule has 0 aliphatic carbocycles. The van der Waals surface area contributed by atoms with E-state index >= 15 is 0 Å². The highest BCUT2D eigenvalue weighted by Crippen LogP contribution is 2.20. The second kappa shape index (κ2) is 5.39. The molecule has 15 heavy (non-hydrogen) atoms. The lowest BCUT2D eigenvalue weighted by Crippen LogP contribution is -3.00. The quantitative estimate of drug-likeness (QED) is 0.562. The highest BCUT2D eigenvalue weighted by Gasteiger charge is 2.01. The molecule has 2 N–H and O–H groups in total. The second-order valence-corrected chi connectivity index (χ2v) is 3.04. The van der Waals surface area contributed by atoms with Gasteiger partial charge >= 0.3 is 1.43 Å². The fourth-order valence-electron chi connectivity index (χ4n) is 1.33. The molecule has 0 saturated heterocycles. The maximum absolute atomic E-state index is 5.95. The van der Waals surface area contributed by atoms with Gasteiger partial charge < -0.3 is 12.4 Å². The van der Waals surface area contributed by atoms with E-state index in [1.54, 1.807) is 5.01 Å². The third-order valence-corrected chi connectivity index (χ3v) is 2.07. The minimum absolute atomic E-state index is 0. The van der Waals surface area contributed by atoms with Gasteiger partial charge in [0.2, 0.25) is 0 Å². The van der Waals surface area contributed by atoms with Crippen LogP contribution in [0.15, 0.2) is 60.7 Å². The summed E-state index contributed by atoms with van der Waals surface area (Å²) in [5, 5.41) is 1.67. The van der Waals surface area contributed by atoms with E-state index in [0.717, 1.165) is 11.4 Å². The molecule has 0 fully saturated rings. The fourth-order valence-corrected chi connectivity index (χ4v) is 1.33. The highest BCUT2D eigenvalue weighted by atomic mass is 35.5. The van der Waals surface area contributed by atoms with Gasteiger partial charge in [-0.2, -0.15) is 0 Å². The van der Waals surface area contributed by atoms with Gasteiger partial charge in [0, 0.05) is 0 Å². The number of nitrogens with zero attached hydrogens (tertiary/aromatic N) is 1. The van der Waals surface area contributed by atoms with Crippen molar-refractivity contribution >= 4 is 11.4 Å². The molecule has 2 aromatic carbocycles. The summed E-state index contributed by atoms with van der Waals surface area (Å²) < 4.78 is 0. The van der Waals surface area contributed by atoms with Crippen molar-refractivity contribution in [3.8, 4) is 0 Å². The van der Waals surface area contributed by atoms with E-state index in [0.29, 0.717) is 0 Å². The number of rotatable bonds is 2. The van der Waals surface area contributed by atoms with Crippen molar-refractivity contribution < 1.29 is 13.8 Å².